The average molecular weight is 384 g/mol. The van der Waals surface area contributed by atoms with Crippen LogP contribution < -0.4 is 15.4 Å². The molecule has 7 nitrogen and oxygen atoms in total. The molecule has 7 heteroatoms. The Kier molecular flexibility index (Phi) is 7.06. The Morgan fingerprint density at radius 1 is 1.18 bits per heavy atom. The molecule has 1 fully saturated rings. The summed E-state index contributed by atoms with van der Waals surface area (Å²) < 4.78 is 7.47. The molecule has 0 radical (unpaired) electrons. The lowest BCUT2D eigenvalue weighted by atomic mass is 9.84. The summed E-state index contributed by atoms with van der Waals surface area (Å²) in [7, 11) is 0. The Morgan fingerprint density at radius 2 is 2.00 bits per heavy atom. The van der Waals surface area contributed by atoms with Crippen LogP contribution in [0.15, 0.2) is 42.7 Å². The molecule has 3 rings (SSSR count). The number of amides is 2. The summed E-state index contributed by atoms with van der Waals surface area (Å²) in [5.74, 6) is 0.150. The molecule has 28 heavy (non-hydrogen) atoms. The Morgan fingerprint density at radius 3 is 2.71 bits per heavy atom. The number of carbonyl (C=O) groups is 2. The fourth-order valence-electron chi connectivity index (χ4n) is 3.51. The van der Waals surface area contributed by atoms with Gasteiger partial charge in [0, 0.05) is 30.2 Å². The summed E-state index contributed by atoms with van der Waals surface area (Å²) in [4.78, 5) is 24.4. The van der Waals surface area contributed by atoms with E-state index in [0.717, 1.165) is 31.6 Å². The van der Waals surface area contributed by atoms with E-state index < -0.39 is 11.8 Å². The van der Waals surface area contributed by atoms with Gasteiger partial charge in [0.1, 0.15) is 12.4 Å². The second kappa shape index (κ2) is 9.92. The number of hydrogen-bond donors (Lipinski definition) is 2. The quantitative estimate of drug-likeness (QED) is 0.719. The summed E-state index contributed by atoms with van der Waals surface area (Å²) in [6.07, 6.45) is 8.88. The van der Waals surface area contributed by atoms with Gasteiger partial charge in [-0.3, -0.25) is 14.3 Å². The van der Waals surface area contributed by atoms with Crippen LogP contribution in [0.3, 0.4) is 0 Å². The zero-order valence-corrected chi connectivity index (χ0v) is 16.3. The molecular weight excluding hydrogens is 356 g/mol. The second-order valence-electron chi connectivity index (χ2n) is 7.20. The highest BCUT2D eigenvalue weighted by Gasteiger charge is 2.23. The first-order chi connectivity index (χ1) is 13.6. The predicted octanol–water partition coefficient (Wildman–Crippen LogP) is 2.99. The number of aromatic nitrogens is 2. The van der Waals surface area contributed by atoms with Crippen LogP contribution in [0.4, 0.5) is 5.69 Å². The lowest BCUT2D eigenvalue weighted by Crippen LogP contribution is -2.43. The number of nitrogens with zero attached hydrogens (tertiary/aromatic N) is 2. The SMILES string of the molecule is CCC1CCC(NC(=O)C(=O)Nc2cccc(OCCn3cccn3)c2)CC1. The third-order valence-electron chi connectivity index (χ3n) is 5.21. The van der Waals surface area contributed by atoms with Gasteiger partial charge >= 0.3 is 11.8 Å². The molecule has 1 aliphatic carbocycles. The zero-order chi connectivity index (χ0) is 19.8. The molecule has 1 aromatic carbocycles. The minimum Gasteiger partial charge on any atom is -0.492 e. The highest BCUT2D eigenvalue weighted by Crippen LogP contribution is 2.26. The van der Waals surface area contributed by atoms with Gasteiger partial charge in [0.2, 0.25) is 0 Å². The maximum Gasteiger partial charge on any atom is 0.313 e. The summed E-state index contributed by atoms with van der Waals surface area (Å²) in [5, 5.41) is 9.62. The van der Waals surface area contributed by atoms with Gasteiger partial charge < -0.3 is 15.4 Å². The van der Waals surface area contributed by atoms with Crippen LogP contribution in [-0.2, 0) is 16.1 Å². The van der Waals surface area contributed by atoms with E-state index in [0.29, 0.717) is 24.6 Å². The van der Waals surface area contributed by atoms with Gasteiger partial charge in [0.05, 0.1) is 6.54 Å². The monoisotopic (exact) mass is 384 g/mol. The van der Waals surface area contributed by atoms with Gasteiger partial charge in [-0.15, -0.1) is 0 Å². The summed E-state index contributed by atoms with van der Waals surface area (Å²) in [6, 6.07) is 8.99. The molecule has 0 aliphatic heterocycles. The lowest BCUT2D eigenvalue weighted by Gasteiger charge is -2.28. The van der Waals surface area contributed by atoms with E-state index in [9.17, 15) is 9.59 Å². The van der Waals surface area contributed by atoms with E-state index in [1.54, 1.807) is 29.1 Å². The molecule has 1 heterocycles. The Bertz CT molecular complexity index is 768. The normalized spacial score (nSPS) is 19.0. The van der Waals surface area contributed by atoms with Crippen molar-refractivity contribution in [2.24, 2.45) is 5.92 Å². The third-order valence-corrected chi connectivity index (χ3v) is 5.21. The smallest absolute Gasteiger partial charge is 0.313 e. The Balaban J connectivity index is 1.44. The fraction of sp³-hybridized carbons (Fsp3) is 0.476. The van der Waals surface area contributed by atoms with E-state index in [-0.39, 0.29) is 6.04 Å². The largest absolute Gasteiger partial charge is 0.492 e. The second-order valence-corrected chi connectivity index (χ2v) is 7.20. The van der Waals surface area contributed by atoms with Gasteiger partial charge in [-0.25, -0.2) is 0 Å². The highest BCUT2D eigenvalue weighted by atomic mass is 16.5. The minimum atomic E-state index is -0.647. The highest BCUT2D eigenvalue weighted by molar-refractivity contribution is 6.39. The molecule has 1 aromatic heterocycles. The van der Waals surface area contributed by atoms with Crippen LogP contribution >= 0.6 is 0 Å². The number of carbonyl (C=O) groups excluding carboxylic acids is 2. The summed E-state index contributed by atoms with van der Waals surface area (Å²) in [6.45, 7) is 3.29. The molecule has 0 atom stereocenters. The van der Waals surface area contributed by atoms with Crippen molar-refractivity contribution in [1.29, 1.82) is 0 Å². The Labute approximate surface area is 165 Å². The zero-order valence-electron chi connectivity index (χ0n) is 16.3. The van der Waals surface area contributed by atoms with Gasteiger partial charge in [-0.1, -0.05) is 19.4 Å². The average Bonchev–Trinajstić information content (AvgIpc) is 3.22. The van der Waals surface area contributed by atoms with Crippen LogP contribution in [0.2, 0.25) is 0 Å². The number of hydrogen-bond acceptors (Lipinski definition) is 4. The van der Waals surface area contributed by atoms with E-state index in [2.05, 4.69) is 22.7 Å². The van der Waals surface area contributed by atoms with Crippen molar-refractivity contribution >= 4 is 17.5 Å². The molecule has 0 bridgehead atoms. The van der Waals surface area contributed by atoms with Crippen LogP contribution in [-0.4, -0.2) is 34.2 Å². The standard InChI is InChI=1S/C21H28N4O3/c1-2-16-7-9-17(10-8-16)23-20(26)21(27)24-18-5-3-6-19(15-18)28-14-13-25-12-4-11-22-25/h3-6,11-12,15-17H,2,7-10,13-14H2,1H3,(H,23,26)(H,24,27). The van der Waals surface area contributed by atoms with Crippen molar-refractivity contribution in [1.82, 2.24) is 15.1 Å². The number of anilines is 1. The van der Waals surface area contributed by atoms with Gasteiger partial charge in [-0.05, 0) is 49.8 Å². The first-order valence-electron chi connectivity index (χ1n) is 9.96. The van der Waals surface area contributed by atoms with Gasteiger partial charge in [0.25, 0.3) is 0 Å². The predicted molar refractivity (Wildman–Crippen MR) is 107 cm³/mol. The van der Waals surface area contributed by atoms with Gasteiger partial charge in [0.15, 0.2) is 0 Å². The molecular formula is C21H28N4O3. The van der Waals surface area contributed by atoms with Crippen molar-refractivity contribution in [3.63, 3.8) is 0 Å². The first kappa shape index (κ1) is 19.9. The molecule has 2 N–H and O–H groups in total. The molecule has 2 amide bonds. The molecule has 0 saturated heterocycles. The fourth-order valence-corrected chi connectivity index (χ4v) is 3.51. The van der Waals surface area contributed by atoms with Crippen LogP contribution in [0, 0.1) is 5.92 Å². The van der Waals surface area contributed by atoms with Crippen LogP contribution in [0.25, 0.3) is 0 Å². The van der Waals surface area contributed by atoms with Crippen molar-refractivity contribution in [2.45, 2.75) is 51.6 Å². The van der Waals surface area contributed by atoms with Crippen molar-refractivity contribution in [3.8, 4) is 5.75 Å². The van der Waals surface area contributed by atoms with Crippen molar-refractivity contribution in [2.75, 3.05) is 11.9 Å². The number of nitrogens with one attached hydrogen (secondary N) is 2. The van der Waals surface area contributed by atoms with Gasteiger partial charge in [-0.2, -0.15) is 5.10 Å². The maximum absolute atomic E-state index is 12.2. The molecule has 1 saturated carbocycles. The number of rotatable bonds is 7. The summed E-state index contributed by atoms with van der Waals surface area (Å²) >= 11 is 0. The molecule has 0 unspecified atom stereocenters. The third kappa shape index (κ3) is 5.84. The number of benzene rings is 1. The maximum atomic E-state index is 12.2. The van der Waals surface area contributed by atoms with E-state index in [1.165, 1.54) is 6.42 Å². The Hall–Kier alpha value is -2.83. The lowest BCUT2D eigenvalue weighted by molar-refractivity contribution is -0.136. The van der Waals surface area contributed by atoms with Crippen LogP contribution in [0.1, 0.15) is 39.0 Å². The van der Waals surface area contributed by atoms with E-state index in [1.807, 2.05) is 18.3 Å². The van der Waals surface area contributed by atoms with Crippen LogP contribution in [0.5, 0.6) is 5.75 Å². The minimum absolute atomic E-state index is 0.0954. The molecule has 150 valence electrons. The molecule has 2 aromatic rings. The van der Waals surface area contributed by atoms with E-state index in [4.69, 9.17) is 4.74 Å². The number of ether oxygens (including phenoxy) is 1. The summed E-state index contributed by atoms with van der Waals surface area (Å²) in [5.41, 5.74) is 0.534. The first-order valence-corrected chi connectivity index (χ1v) is 9.96. The molecule has 0 spiro atoms. The van der Waals surface area contributed by atoms with Crippen molar-refractivity contribution in [3.05, 3.63) is 42.7 Å². The van der Waals surface area contributed by atoms with Crippen molar-refractivity contribution < 1.29 is 14.3 Å². The topological polar surface area (TPSA) is 85.3 Å². The molecule has 1 aliphatic rings. The van der Waals surface area contributed by atoms with E-state index >= 15 is 0 Å².